The van der Waals surface area contributed by atoms with Crippen LogP contribution in [0.2, 0.25) is 0 Å². The lowest BCUT2D eigenvalue weighted by Crippen LogP contribution is -2.41. The summed E-state index contributed by atoms with van der Waals surface area (Å²) >= 11 is 0. The van der Waals surface area contributed by atoms with Crippen LogP contribution in [0.3, 0.4) is 0 Å². The third kappa shape index (κ3) is 6.51. The van der Waals surface area contributed by atoms with Crippen molar-refractivity contribution in [3.05, 3.63) is 107 Å². The summed E-state index contributed by atoms with van der Waals surface area (Å²) in [7, 11) is -3.57. The highest BCUT2D eigenvalue weighted by molar-refractivity contribution is 7.88. The lowest BCUT2D eigenvalue weighted by molar-refractivity contribution is -0.121. The zero-order chi connectivity index (χ0) is 22.4. The Morgan fingerprint density at radius 2 is 1.35 bits per heavy atom. The number of hydrogen-bond donors (Lipinski definition) is 1. The van der Waals surface area contributed by atoms with Gasteiger partial charge in [-0.3, -0.25) is 4.79 Å². The molecule has 0 fully saturated rings. The molecule has 0 aliphatic heterocycles. The van der Waals surface area contributed by atoms with Gasteiger partial charge in [-0.2, -0.15) is 4.31 Å². The first-order chi connectivity index (χ1) is 14.7. The summed E-state index contributed by atoms with van der Waals surface area (Å²) in [5.74, 6) is -0.355. The summed E-state index contributed by atoms with van der Waals surface area (Å²) in [6.45, 7) is 3.88. The first-order valence-corrected chi connectivity index (χ1v) is 12.0. The predicted molar refractivity (Wildman–Crippen MR) is 124 cm³/mol. The highest BCUT2D eigenvalue weighted by Crippen LogP contribution is 2.22. The van der Waals surface area contributed by atoms with Crippen molar-refractivity contribution in [1.29, 1.82) is 0 Å². The quantitative estimate of drug-likeness (QED) is 0.581. The number of sulfonamides is 1. The van der Waals surface area contributed by atoms with Crippen molar-refractivity contribution >= 4 is 15.9 Å². The van der Waals surface area contributed by atoms with Crippen molar-refractivity contribution in [2.75, 3.05) is 12.8 Å². The molecule has 0 aliphatic rings. The van der Waals surface area contributed by atoms with Crippen LogP contribution in [0.1, 0.15) is 33.9 Å². The van der Waals surface area contributed by atoms with Crippen molar-refractivity contribution in [3.63, 3.8) is 0 Å². The van der Waals surface area contributed by atoms with Crippen LogP contribution >= 0.6 is 0 Å². The molecule has 0 unspecified atom stereocenters. The minimum absolute atomic E-state index is 0.146. The van der Waals surface area contributed by atoms with E-state index in [2.05, 4.69) is 5.32 Å². The molecule has 3 rings (SSSR count). The molecular formula is C25H28N2O3S. The van der Waals surface area contributed by atoms with Crippen LogP contribution in [0, 0.1) is 13.8 Å². The van der Waals surface area contributed by atoms with E-state index in [0.29, 0.717) is 0 Å². The van der Waals surface area contributed by atoms with E-state index in [9.17, 15) is 13.2 Å². The average Bonchev–Trinajstić information content (AvgIpc) is 2.74. The average molecular weight is 437 g/mol. The van der Waals surface area contributed by atoms with Crippen molar-refractivity contribution < 1.29 is 13.2 Å². The van der Waals surface area contributed by atoms with Gasteiger partial charge < -0.3 is 5.32 Å². The lowest BCUT2D eigenvalue weighted by atomic mass is 9.98. The van der Waals surface area contributed by atoms with Gasteiger partial charge in [0.15, 0.2) is 0 Å². The number of carbonyl (C=O) groups excluding carboxylic acids is 1. The van der Waals surface area contributed by atoms with Gasteiger partial charge in [-0.05, 0) is 30.5 Å². The molecule has 0 radical (unpaired) electrons. The van der Waals surface area contributed by atoms with Gasteiger partial charge in [0.2, 0.25) is 15.9 Å². The Bertz CT molecular complexity index is 1110. The fourth-order valence-corrected chi connectivity index (χ4v) is 4.05. The Labute approximate surface area is 184 Å². The predicted octanol–water partition coefficient (Wildman–Crippen LogP) is 3.97. The van der Waals surface area contributed by atoms with Crippen LogP contribution < -0.4 is 5.32 Å². The third-order valence-electron chi connectivity index (χ3n) is 5.12. The second-order valence-electron chi connectivity index (χ2n) is 7.84. The fourth-order valence-electron chi connectivity index (χ4n) is 3.32. The van der Waals surface area contributed by atoms with Crippen LogP contribution in [0.25, 0.3) is 0 Å². The van der Waals surface area contributed by atoms with Gasteiger partial charge in [0, 0.05) is 6.54 Å². The molecule has 1 atom stereocenters. The van der Waals surface area contributed by atoms with Gasteiger partial charge in [-0.15, -0.1) is 0 Å². The van der Waals surface area contributed by atoms with Gasteiger partial charge in [0.1, 0.15) is 0 Å². The van der Waals surface area contributed by atoms with E-state index in [1.165, 1.54) is 4.31 Å². The standard InChI is InChI=1S/C25H28N2O3S/c1-19-9-13-21(14-10-19)17-27(31(3,29)30)18-24(28)26-25(22-7-5-4-6-8-22)23-15-11-20(2)12-16-23/h4-16,25H,17-18H2,1-3H3,(H,26,28)/t25-/m1/s1. The summed E-state index contributed by atoms with van der Waals surface area (Å²) in [6.07, 6.45) is 1.13. The normalized spacial score (nSPS) is 12.5. The van der Waals surface area contributed by atoms with Crippen LogP contribution in [0.15, 0.2) is 78.9 Å². The highest BCUT2D eigenvalue weighted by Gasteiger charge is 2.23. The number of benzene rings is 3. The molecule has 1 amide bonds. The molecule has 0 aliphatic carbocycles. The molecule has 0 aromatic heterocycles. The zero-order valence-electron chi connectivity index (χ0n) is 18.1. The summed E-state index contributed by atoms with van der Waals surface area (Å²) in [5.41, 5.74) is 4.93. The Morgan fingerprint density at radius 1 is 0.839 bits per heavy atom. The number of aryl methyl sites for hydroxylation is 2. The maximum Gasteiger partial charge on any atom is 0.236 e. The molecule has 3 aromatic carbocycles. The second-order valence-corrected chi connectivity index (χ2v) is 9.82. The third-order valence-corrected chi connectivity index (χ3v) is 6.31. The molecule has 0 heterocycles. The minimum atomic E-state index is -3.57. The van der Waals surface area contributed by atoms with Gasteiger partial charge in [-0.25, -0.2) is 8.42 Å². The van der Waals surface area contributed by atoms with Crippen molar-refractivity contribution in [3.8, 4) is 0 Å². The number of nitrogens with one attached hydrogen (secondary N) is 1. The number of rotatable bonds is 8. The van der Waals surface area contributed by atoms with Crippen LogP contribution in [0.5, 0.6) is 0 Å². The minimum Gasteiger partial charge on any atom is -0.344 e. The maximum absolute atomic E-state index is 13.0. The molecule has 1 N–H and O–H groups in total. The molecule has 0 spiro atoms. The van der Waals surface area contributed by atoms with E-state index in [4.69, 9.17) is 0 Å². The summed E-state index contributed by atoms with van der Waals surface area (Å²) in [5, 5.41) is 3.02. The highest BCUT2D eigenvalue weighted by atomic mass is 32.2. The zero-order valence-corrected chi connectivity index (χ0v) is 18.9. The van der Waals surface area contributed by atoms with E-state index < -0.39 is 10.0 Å². The largest absolute Gasteiger partial charge is 0.344 e. The molecule has 5 nitrogen and oxygen atoms in total. The van der Waals surface area contributed by atoms with E-state index >= 15 is 0 Å². The Kier molecular flexibility index (Phi) is 7.25. The topological polar surface area (TPSA) is 66.5 Å². The van der Waals surface area contributed by atoms with Crippen LogP contribution in [0.4, 0.5) is 0 Å². The Morgan fingerprint density at radius 3 is 1.90 bits per heavy atom. The number of amides is 1. The summed E-state index contributed by atoms with van der Waals surface area (Å²) < 4.78 is 25.9. The Hall–Kier alpha value is -2.96. The van der Waals surface area contributed by atoms with Gasteiger partial charge in [0.05, 0.1) is 18.8 Å². The molecule has 0 bridgehead atoms. The molecular weight excluding hydrogens is 408 g/mol. The van der Waals surface area contributed by atoms with Crippen LogP contribution in [-0.2, 0) is 21.4 Å². The molecule has 0 saturated carbocycles. The number of hydrogen-bond acceptors (Lipinski definition) is 3. The first-order valence-electron chi connectivity index (χ1n) is 10.1. The smallest absolute Gasteiger partial charge is 0.236 e. The van der Waals surface area contributed by atoms with Crippen molar-refractivity contribution in [2.45, 2.75) is 26.4 Å². The number of nitrogens with zero attached hydrogens (tertiary/aromatic N) is 1. The molecule has 3 aromatic rings. The second kappa shape index (κ2) is 9.90. The molecule has 6 heteroatoms. The van der Waals surface area contributed by atoms with E-state index in [1.54, 1.807) is 0 Å². The van der Waals surface area contributed by atoms with Crippen LogP contribution in [-0.4, -0.2) is 31.4 Å². The lowest BCUT2D eigenvalue weighted by Gasteiger charge is -2.24. The molecule has 0 saturated heterocycles. The molecule has 31 heavy (non-hydrogen) atoms. The molecule has 162 valence electrons. The van der Waals surface area contributed by atoms with Crippen molar-refractivity contribution in [1.82, 2.24) is 9.62 Å². The van der Waals surface area contributed by atoms with E-state index in [-0.39, 0.29) is 25.0 Å². The summed E-state index contributed by atoms with van der Waals surface area (Å²) in [6, 6.07) is 24.9. The van der Waals surface area contributed by atoms with E-state index in [0.717, 1.165) is 34.1 Å². The van der Waals surface area contributed by atoms with Gasteiger partial charge >= 0.3 is 0 Å². The fraction of sp³-hybridized carbons (Fsp3) is 0.240. The summed E-state index contributed by atoms with van der Waals surface area (Å²) in [4.78, 5) is 13.0. The van der Waals surface area contributed by atoms with Crippen molar-refractivity contribution in [2.24, 2.45) is 0 Å². The van der Waals surface area contributed by atoms with Gasteiger partial charge in [0.25, 0.3) is 0 Å². The SMILES string of the molecule is Cc1ccc(CN(CC(=O)N[C@H](c2ccccc2)c2ccc(C)cc2)S(C)(=O)=O)cc1. The Balaban J connectivity index is 1.80. The maximum atomic E-state index is 13.0. The first kappa shape index (κ1) is 22.7. The van der Waals surface area contributed by atoms with E-state index in [1.807, 2.05) is 92.7 Å². The number of carbonyl (C=O) groups is 1. The van der Waals surface area contributed by atoms with Gasteiger partial charge in [-0.1, -0.05) is 90.0 Å². The monoisotopic (exact) mass is 436 g/mol.